The van der Waals surface area contributed by atoms with E-state index in [1.165, 1.54) is 30.2 Å². The number of nitriles is 1. The number of anilines is 1. The minimum Gasteiger partial charge on any atom is -0.497 e. The summed E-state index contributed by atoms with van der Waals surface area (Å²) in [5.74, 6) is 0.622. The van der Waals surface area contributed by atoms with Crippen molar-refractivity contribution < 1.29 is 9.53 Å². The SMILES string of the molecule is COc1ccc(NC(=O)C(C)Sc2nc3c(cc2C#N)CCCCCC3)cc1. The summed E-state index contributed by atoms with van der Waals surface area (Å²) < 4.78 is 5.13. The summed E-state index contributed by atoms with van der Waals surface area (Å²) in [6, 6.07) is 11.5. The van der Waals surface area contributed by atoms with Gasteiger partial charge in [-0.3, -0.25) is 4.79 Å². The first kappa shape index (κ1) is 20.2. The zero-order chi connectivity index (χ0) is 19.9. The number of ether oxygens (including phenoxy) is 1. The lowest BCUT2D eigenvalue weighted by Gasteiger charge is -2.17. The molecule has 0 aliphatic heterocycles. The van der Waals surface area contributed by atoms with Crippen molar-refractivity contribution in [2.45, 2.75) is 55.7 Å². The predicted octanol–water partition coefficient (Wildman–Crippen LogP) is 4.74. The van der Waals surface area contributed by atoms with E-state index in [2.05, 4.69) is 11.4 Å². The summed E-state index contributed by atoms with van der Waals surface area (Å²) in [6.07, 6.45) is 6.66. The number of aromatic nitrogens is 1. The second-order valence-corrected chi connectivity index (χ2v) is 8.28. The number of methoxy groups -OCH3 is 1. The molecule has 1 aromatic heterocycles. The Labute approximate surface area is 170 Å². The summed E-state index contributed by atoms with van der Waals surface area (Å²) in [5.41, 5.74) is 3.55. The Hall–Kier alpha value is -2.52. The number of hydrogen-bond donors (Lipinski definition) is 1. The van der Waals surface area contributed by atoms with E-state index in [9.17, 15) is 10.1 Å². The molecule has 0 radical (unpaired) electrons. The van der Waals surface area contributed by atoms with E-state index in [0.717, 1.165) is 37.1 Å². The molecule has 28 heavy (non-hydrogen) atoms. The Morgan fingerprint density at radius 2 is 1.93 bits per heavy atom. The van der Waals surface area contributed by atoms with Crippen LogP contribution in [0, 0.1) is 11.3 Å². The summed E-state index contributed by atoms with van der Waals surface area (Å²) in [7, 11) is 1.61. The zero-order valence-electron chi connectivity index (χ0n) is 16.3. The lowest BCUT2D eigenvalue weighted by atomic mass is 9.96. The number of benzene rings is 1. The maximum Gasteiger partial charge on any atom is 0.237 e. The molecule has 1 aromatic carbocycles. The molecule has 146 valence electrons. The van der Waals surface area contributed by atoms with Gasteiger partial charge in [-0.15, -0.1) is 0 Å². The third kappa shape index (κ3) is 5.05. The number of carbonyl (C=O) groups excluding carboxylic acids is 1. The van der Waals surface area contributed by atoms with Crippen molar-refractivity contribution >= 4 is 23.4 Å². The maximum atomic E-state index is 12.6. The highest BCUT2D eigenvalue weighted by Gasteiger charge is 2.20. The van der Waals surface area contributed by atoms with Crippen LogP contribution < -0.4 is 10.1 Å². The molecule has 2 aromatic rings. The van der Waals surface area contributed by atoms with Crippen LogP contribution in [0.5, 0.6) is 5.75 Å². The molecule has 0 fully saturated rings. The van der Waals surface area contributed by atoms with Crippen LogP contribution in [0.3, 0.4) is 0 Å². The lowest BCUT2D eigenvalue weighted by Crippen LogP contribution is -2.22. The van der Waals surface area contributed by atoms with Gasteiger partial charge < -0.3 is 10.1 Å². The van der Waals surface area contributed by atoms with Gasteiger partial charge in [0, 0.05) is 11.4 Å². The predicted molar refractivity (Wildman–Crippen MR) is 112 cm³/mol. The molecule has 1 heterocycles. The second-order valence-electron chi connectivity index (χ2n) is 6.95. The molecule has 1 aliphatic carbocycles. The fourth-order valence-corrected chi connectivity index (χ4v) is 4.17. The largest absolute Gasteiger partial charge is 0.497 e. The monoisotopic (exact) mass is 395 g/mol. The third-order valence-electron chi connectivity index (χ3n) is 4.90. The van der Waals surface area contributed by atoms with Crippen molar-refractivity contribution in [3.05, 3.63) is 47.2 Å². The van der Waals surface area contributed by atoms with Crippen molar-refractivity contribution in [1.82, 2.24) is 4.98 Å². The molecule has 1 N–H and O–H groups in total. The summed E-state index contributed by atoms with van der Waals surface area (Å²) in [6.45, 7) is 1.84. The van der Waals surface area contributed by atoms with Crippen LogP contribution in [0.4, 0.5) is 5.69 Å². The Morgan fingerprint density at radius 1 is 1.21 bits per heavy atom. The van der Waals surface area contributed by atoms with Crippen molar-refractivity contribution in [3.8, 4) is 11.8 Å². The zero-order valence-corrected chi connectivity index (χ0v) is 17.1. The van der Waals surface area contributed by atoms with Crippen LogP contribution in [-0.4, -0.2) is 23.3 Å². The van der Waals surface area contributed by atoms with E-state index in [-0.39, 0.29) is 11.2 Å². The minimum atomic E-state index is -0.367. The van der Waals surface area contributed by atoms with Gasteiger partial charge >= 0.3 is 0 Å². The van der Waals surface area contributed by atoms with E-state index < -0.39 is 0 Å². The van der Waals surface area contributed by atoms with Gasteiger partial charge in [0.1, 0.15) is 16.8 Å². The maximum absolute atomic E-state index is 12.6. The van der Waals surface area contributed by atoms with E-state index in [4.69, 9.17) is 9.72 Å². The van der Waals surface area contributed by atoms with Crippen LogP contribution in [0.2, 0.25) is 0 Å². The lowest BCUT2D eigenvalue weighted by molar-refractivity contribution is -0.115. The number of hydrogen-bond acceptors (Lipinski definition) is 5. The molecule has 6 heteroatoms. The van der Waals surface area contributed by atoms with Crippen LogP contribution in [-0.2, 0) is 17.6 Å². The van der Waals surface area contributed by atoms with Gasteiger partial charge in [0.2, 0.25) is 5.91 Å². The smallest absolute Gasteiger partial charge is 0.237 e. The standard InChI is InChI=1S/C22H25N3O2S/c1-15(21(26)24-18-9-11-19(27-2)12-10-18)28-22-17(14-23)13-16-7-5-3-4-6-8-20(16)25-22/h9-13,15H,3-8H2,1-2H3,(H,24,26). The number of fused-ring (bicyclic) bond motifs is 1. The number of rotatable bonds is 5. The first-order chi connectivity index (χ1) is 13.6. The summed E-state index contributed by atoms with van der Waals surface area (Å²) in [5, 5.41) is 12.8. The number of carbonyl (C=O) groups is 1. The van der Waals surface area contributed by atoms with Gasteiger partial charge in [0.15, 0.2) is 0 Å². The molecule has 3 rings (SSSR count). The Balaban J connectivity index is 1.72. The summed E-state index contributed by atoms with van der Waals surface area (Å²) in [4.78, 5) is 17.4. The van der Waals surface area contributed by atoms with E-state index in [1.54, 1.807) is 31.4 Å². The molecular formula is C22H25N3O2S. The molecule has 0 bridgehead atoms. The molecule has 1 atom stereocenters. The van der Waals surface area contributed by atoms with Crippen LogP contribution in [0.25, 0.3) is 0 Å². The fraction of sp³-hybridized carbons (Fsp3) is 0.409. The summed E-state index contributed by atoms with van der Waals surface area (Å²) >= 11 is 1.34. The molecule has 0 saturated heterocycles. The first-order valence-corrected chi connectivity index (χ1v) is 10.5. The number of nitrogens with zero attached hydrogens (tertiary/aromatic N) is 2. The quantitative estimate of drug-likeness (QED) is 0.740. The molecule has 1 amide bonds. The van der Waals surface area contributed by atoms with Gasteiger partial charge in [-0.1, -0.05) is 24.6 Å². The molecule has 1 unspecified atom stereocenters. The van der Waals surface area contributed by atoms with Crippen molar-refractivity contribution in [1.29, 1.82) is 5.26 Å². The second kappa shape index (κ2) is 9.61. The minimum absolute atomic E-state index is 0.118. The van der Waals surface area contributed by atoms with Gasteiger partial charge in [0.05, 0.1) is 17.9 Å². The topological polar surface area (TPSA) is 75.0 Å². The van der Waals surface area contributed by atoms with Crippen molar-refractivity contribution in [2.24, 2.45) is 0 Å². The van der Waals surface area contributed by atoms with Crippen LogP contribution >= 0.6 is 11.8 Å². The van der Waals surface area contributed by atoms with E-state index >= 15 is 0 Å². The highest BCUT2D eigenvalue weighted by atomic mass is 32.2. The molecular weight excluding hydrogens is 370 g/mol. The Morgan fingerprint density at radius 3 is 2.61 bits per heavy atom. The number of nitrogens with one attached hydrogen (secondary N) is 1. The highest BCUT2D eigenvalue weighted by molar-refractivity contribution is 8.00. The average Bonchev–Trinajstić information content (AvgIpc) is 2.69. The number of pyridine rings is 1. The molecule has 1 aliphatic rings. The normalized spacial score (nSPS) is 14.8. The van der Waals surface area contributed by atoms with E-state index in [0.29, 0.717) is 16.3 Å². The van der Waals surface area contributed by atoms with Crippen LogP contribution in [0.1, 0.15) is 49.4 Å². The first-order valence-electron chi connectivity index (χ1n) is 9.65. The van der Waals surface area contributed by atoms with Crippen LogP contribution in [0.15, 0.2) is 35.4 Å². The third-order valence-corrected chi connectivity index (χ3v) is 6.00. The number of amides is 1. The number of thioether (sulfide) groups is 1. The number of aryl methyl sites for hydroxylation is 2. The Bertz CT molecular complexity index is 875. The molecule has 0 spiro atoms. The van der Waals surface area contributed by atoms with E-state index in [1.807, 2.05) is 13.0 Å². The van der Waals surface area contributed by atoms with Crippen molar-refractivity contribution in [3.63, 3.8) is 0 Å². The van der Waals surface area contributed by atoms with Gasteiger partial charge in [-0.05, 0) is 68.5 Å². The fourth-order valence-electron chi connectivity index (χ4n) is 3.28. The van der Waals surface area contributed by atoms with Gasteiger partial charge in [-0.25, -0.2) is 4.98 Å². The Kier molecular flexibility index (Phi) is 6.94. The molecule has 0 saturated carbocycles. The average molecular weight is 396 g/mol. The van der Waals surface area contributed by atoms with Crippen molar-refractivity contribution in [2.75, 3.05) is 12.4 Å². The highest BCUT2D eigenvalue weighted by Crippen LogP contribution is 2.29. The molecule has 5 nitrogen and oxygen atoms in total. The van der Waals surface area contributed by atoms with Gasteiger partial charge in [0.25, 0.3) is 0 Å². The van der Waals surface area contributed by atoms with Gasteiger partial charge in [-0.2, -0.15) is 5.26 Å².